The van der Waals surface area contributed by atoms with Crippen LogP contribution in [0, 0.1) is 0 Å². The Balaban J connectivity index is 1.61. The van der Waals surface area contributed by atoms with E-state index in [1.165, 1.54) is 0 Å². The van der Waals surface area contributed by atoms with E-state index in [0.29, 0.717) is 30.3 Å². The number of ether oxygens (including phenoxy) is 3. The van der Waals surface area contributed by atoms with Gasteiger partial charge in [-0.2, -0.15) is 0 Å². The molecule has 0 radical (unpaired) electrons. The molecule has 0 bridgehead atoms. The Morgan fingerprint density at radius 1 is 0.897 bits per heavy atom. The summed E-state index contributed by atoms with van der Waals surface area (Å²) in [4.78, 5) is 12.3. The molecule has 3 aromatic carbocycles. The molecule has 3 rings (SSSR count). The van der Waals surface area contributed by atoms with Crippen LogP contribution >= 0.6 is 15.9 Å². The average Bonchev–Trinajstić information content (AvgIpc) is 2.75. The van der Waals surface area contributed by atoms with E-state index in [4.69, 9.17) is 14.2 Å². The fraction of sp³-hybridized carbons (Fsp3) is 0.208. The normalized spacial score (nSPS) is 10.4. The van der Waals surface area contributed by atoms with Gasteiger partial charge in [-0.25, -0.2) is 0 Å². The van der Waals surface area contributed by atoms with Gasteiger partial charge < -0.3 is 14.2 Å². The third kappa shape index (κ3) is 5.61. The summed E-state index contributed by atoms with van der Waals surface area (Å²) in [6, 6.07) is 21.4. The van der Waals surface area contributed by atoms with Crippen molar-refractivity contribution in [3.63, 3.8) is 0 Å². The van der Waals surface area contributed by atoms with Gasteiger partial charge in [0.2, 0.25) is 0 Å². The van der Waals surface area contributed by atoms with E-state index >= 15 is 0 Å². The molecule has 0 aliphatic rings. The highest BCUT2D eigenvalue weighted by Crippen LogP contribution is 2.31. The minimum absolute atomic E-state index is 0.268. The Kier molecular flexibility index (Phi) is 7.30. The highest BCUT2D eigenvalue weighted by atomic mass is 79.9. The Hall–Kier alpha value is -2.79. The first-order chi connectivity index (χ1) is 14.1. The van der Waals surface area contributed by atoms with Crippen molar-refractivity contribution in [2.24, 2.45) is 0 Å². The summed E-state index contributed by atoms with van der Waals surface area (Å²) in [5.41, 5.74) is 3.15. The van der Waals surface area contributed by atoms with Gasteiger partial charge in [0.05, 0.1) is 18.2 Å². The molecule has 0 aliphatic heterocycles. The van der Waals surface area contributed by atoms with E-state index in [1.54, 1.807) is 7.11 Å². The predicted octanol–water partition coefficient (Wildman–Crippen LogP) is 6.06. The van der Waals surface area contributed by atoms with Crippen LogP contribution in [0.5, 0.6) is 17.2 Å². The smallest absolute Gasteiger partial charge is 0.311 e. The van der Waals surface area contributed by atoms with Crippen LogP contribution in [-0.4, -0.2) is 19.7 Å². The maximum Gasteiger partial charge on any atom is 0.311 e. The maximum absolute atomic E-state index is 12.3. The lowest BCUT2D eigenvalue weighted by Crippen LogP contribution is -2.09. The number of carbonyl (C=O) groups excluding carboxylic acids is 1. The van der Waals surface area contributed by atoms with Crippen molar-refractivity contribution >= 4 is 21.9 Å². The molecule has 0 heterocycles. The van der Waals surface area contributed by atoms with E-state index < -0.39 is 0 Å². The molecule has 0 amide bonds. The third-order valence-corrected chi connectivity index (χ3v) is 5.03. The van der Waals surface area contributed by atoms with Crippen molar-refractivity contribution in [3.05, 3.63) is 76.8 Å². The molecule has 150 valence electrons. The van der Waals surface area contributed by atoms with Crippen LogP contribution in [0.4, 0.5) is 0 Å². The van der Waals surface area contributed by atoms with Crippen molar-refractivity contribution in [2.45, 2.75) is 19.8 Å². The van der Waals surface area contributed by atoms with Gasteiger partial charge in [0.25, 0.3) is 0 Å². The van der Waals surface area contributed by atoms with Gasteiger partial charge in [0.1, 0.15) is 5.75 Å². The Morgan fingerprint density at radius 3 is 2.34 bits per heavy atom. The molecule has 0 saturated carbocycles. The van der Waals surface area contributed by atoms with Gasteiger partial charge in [-0.3, -0.25) is 4.79 Å². The zero-order valence-electron chi connectivity index (χ0n) is 16.5. The molecule has 0 aliphatic carbocycles. The molecule has 0 unspecified atom stereocenters. The van der Waals surface area contributed by atoms with Crippen LogP contribution in [0.15, 0.2) is 71.2 Å². The fourth-order valence-corrected chi connectivity index (χ4v) is 3.42. The summed E-state index contributed by atoms with van der Waals surface area (Å²) < 4.78 is 17.2. The summed E-state index contributed by atoms with van der Waals surface area (Å²) in [5.74, 6) is 1.59. The van der Waals surface area contributed by atoms with Crippen LogP contribution in [0.25, 0.3) is 11.1 Å². The van der Waals surface area contributed by atoms with Crippen LogP contribution in [0.3, 0.4) is 0 Å². The molecule has 29 heavy (non-hydrogen) atoms. The maximum atomic E-state index is 12.3. The third-order valence-electron chi connectivity index (χ3n) is 4.41. The average molecular weight is 455 g/mol. The Bertz CT molecular complexity index is 970. The molecule has 4 nitrogen and oxygen atoms in total. The highest BCUT2D eigenvalue weighted by Gasteiger charge is 2.11. The van der Waals surface area contributed by atoms with Crippen molar-refractivity contribution in [2.75, 3.05) is 13.7 Å². The first-order valence-corrected chi connectivity index (χ1v) is 10.3. The van der Waals surface area contributed by atoms with Crippen LogP contribution in [0.2, 0.25) is 0 Å². The minimum atomic E-state index is -0.286. The predicted molar refractivity (Wildman–Crippen MR) is 118 cm³/mol. The van der Waals surface area contributed by atoms with Gasteiger partial charge in [-0.15, -0.1) is 0 Å². The van der Waals surface area contributed by atoms with Gasteiger partial charge in [0.15, 0.2) is 11.5 Å². The van der Waals surface area contributed by atoms with E-state index in [9.17, 15) is 4.79 Å². The van der Waals surface area contributed by atoms with Crippen LogP contribution in [0.1, 0.15) is 18.9 Å². The van der Waals surface area contributed by atoms with Crippen molar-refractivity contribution < 1.29 is 19.0 Å². The Morgan fingerprint density at radius 2 is 1.66 bits per heavy atom. The van der Waals surface area contributed by atoms with E-state index in [1.807, 2.05) is 73.7 Å². The van der Waals surface area contributed by atoms with Gasteiger partial charge in [-0.1, -0.05) is 42.5 Å². The molecule has 0 aromatic heterocycles. The molecule has 5 heteroatoms. The molecular weight excluding hydrogens is 432 g/mol. The fourth-order valence-electron chi connectivity index (χ4n) is 2.96. The number of benzene rings is 3. The first kappa shape index (κ1) is 20.9. The number of halogens is 1. The summed E-state index contributed by atoms with van der Waals surface area (Å²) in [7, 11) is 1.60. The van der Waals surface area contributed by atoms with E-state index in [0.717, 1.165) is 21.2 Å². The zero-order chi connectivity index (χ0) is 20.6. The van der Waals surface area contributed by atoms with Crippen LogP contribution < -0.4 is 14.2 Å². The van der Waals surface area contributed by atoms with Gasteiger partial charge in [-0.05, 0) is 70.2 Å². The highest BCUT2D eigenvalue weighted by molar-refractivity contribution is 9.10. The molecule has 3 aromatic rings. The van der Waals surface area contributed by atoms with E-state index in [-0.39, 0.29) is 12.4 Å². The number of hydrogen-bond acceptors (Lipinski definition) is 4. The second-order valence-corrected chi connectivity index (χ2v) is 7.26. The molecule has 0 N–H and O–H groups in total. The number of aryl methyl sites for hydroxylation is 1. The second kappa shape index (κ2) is 10.1. The summed E-state index contributed by atoms with van der Waals surface area (Å²) in [6.45, 7) is 2.49. The number of rotatable bonds is 8. The van der Waals surface area contributed by atoms with Gasteiger partial charge >= 0.3 is 5.97 Å². The van der Waals surface area contributed by atoms with E-state index in [2.05, 4.69) is 15.9 Å². The molecule has 0 fully saturated rings. The number of carbonyl (C=O) groups is 1. The van der Waals surface area contributed by atoms with Gasteiger partial charge in [0, 0.05) is 6.42 Å². The Labute approximate surface area is 179 Å². The lowest BCUT2D eigenvalue weighted by atomic mass is 10.1. The molecular formula is C24H23BrO4. The monoisotopic (exact) mass is 454 g/mol. The number of esters is 1. The lowest BCUT2D eigenvalue weighted by Gasteiger charge is -2.11. The van der Waals surface area contributed by atoms with Crippen molar-refractivity contribution in [1.82, 2.24) is 0 Å². The molecule has 0 spiro atoms. The zero-order valence-corrected chi connectivity index (χ0v) is 18.1. The summed E-state index contributed by atoms with van der Waals surface area (Å²) in [6.07, 6.45) is 0.825. The quantitative estimate of drug-likeness (QED) is 0.306. The lowest BCUT2D eigenvalue weighted by molar-refractivity contribution is -0.134. The SMILES string of the molecule is CCOc1ccc(CCC(=O)Oc2ccc(-c3ccccc3)cc2Br)cc1OC. The number of hydrogen-bond donors (Lipinski definition) is 0. The summed E-state index contributed by atoms with van der Waals surface area (Å²) >= 11 is 3.50. The largest absolute Gasteiger partial charge is 0.493 e. The number of methoxy groups -OCH3 is 1. The standard InChI is InChI=1S/C24H23BrO4/c1-3-28-22-12-9-17(15-23(22)27-2)10-14-24(26)29-21-13-11-19(16-20(21)25)18-7-5-4-6-8-18/h4-9,11-13,15-16H,3,10,14H2,1-2H3. The topological polar surface area (TPSA) is 44.8 Å². The van der Waals surface area contributed by atoms with Crippen molar-refractivity contribution in [1.29, 1.82) is 0 Å². The first-order valence-electron chi connectivity index (χ1n) is 9.46. The second-order valence-electron chi connectivity index (χ2n) is 6.40. The minimum Gasteiger partial charge on any atom is -0.493 e. The van der Waals surface area contributed by atoms with Crippen LogP contribution in [-0.2, 0) is 11.2 Å². The van der Waals surface area contributed by atoms with Crippen molar-refractivity contribution in [3.8, 4) is 28.4 Å². The summed E-state index contributed by atoms with van der Waals surface area (Å²) in [5, 5.41) is 0. The molecule has 0 saturated heterocycles. The molecule has 0 atom stereocenters.